The second kappa shape index (κ2) is 8.22. The van der Waals surface area contributed by atoms with Crippen molar-refractivity contribution < 1.29 is 31.1 Å². The van der Waals surface area contributed by atoms with Crippen molar-refractivity contribution in [1.29, 1.82) is 0 Å². The molecule has 172 valence electrons. The van der Waals surface area contributed by atoms with Crippen molar-refractivity contribution in [2.24, 2.45) is 0 Å². The van der Waals surface area contributed by atoms with Gasteiger partial charge in [0.25, 0.3) is 0 Å². The molecule has 1 saturated heterocycles. The number of sulfonamides is 1. The predicted octanol–water partition coefficient (Wildman–Crippen LogP) is 1.64. The number of fused-ring (bicyclic) bond motifs is 1. The Morgan fingerprint density at radius 3 is 2.58 bits per heavy atom. The Morgan fingerprint density at radius 2 is 2.03 bits per heavy atom. The third-order valence-corrected chi connectivity index (χ3v) is 6.10. The van der Waals surface area contributed by atoms with Crippen LogP contribution in [-0.4, -0.2) is 69.8 Å². The first-order valence-electron chi connectivity index (χ1n) is 9.49. The monoisotopic (exact) mass is 464 g/mol. The van der Waals surface area contributed by atoms with E-state index in [1.807, 2.05) is 0 Å². The molecule has 14 heteroatoms. The largest absolute Gasteiger partial charge is 0.459 e. The summed E-state index contributed by atoms with van der Waals surface area (Å²) in [5.41, 5.74) is -1.34. The summed E-state index contributed by atoms with van der Waals surface area (Å²) in [7, 11) is -3.48. The second-order valence-corrected chi connectivity index (χ2v) is 9.64. The number of halogens is 3. The van der Waals surface area contributed by atoms with E-state index in [9.17, 15) is 26.4 Å². The molecule has 0 aliphatic carbocycles. The maximum absolute atomic E-state index is 13.3. The van der Waals surface area contributed by atoms with Crippen LogP contribution in [0.15, 0.2) is 6.20 Å². The van der Waals surface area contributed by atoms with Crippen molar-refractivity contribution in [3.63, 3.8) is 0 Å². The number of aromatic nitrogens is 4. The lowest BCUT2D eigenvalue weighted by Crippen LogP contribution is -2.53. The number of nitrogens with one attached hydrogen (secondary N) is 1. The number of carbonyl (C=O) groups is 1. The van der Waals surface area contributed by atoms with E-state index in [0.29, 0.717) is 0 Å². The molecular formula is C17H23F3N6O4S. The Kier molecular flexibility index (Phi) is 6.15. The van der Waals surface area contributed by atoms with Gasteiger partial charge >= 0.3 is 12.1 Å². The molecule has 0 amide bonds. The van der Waals surface area contributed by atoms with E-state index in [1.54, 1.807) is 13.8 Å². The van der Waals surface area contributed by atoms with Gasteiger partial charge in [-0.3, -0.25) is 4.79 Å². The zero-order valence-corrected chi connectivity index (χ0v) is 18.2. The molecule has 2 aromatic rings. The van der Waals surface area contributed by atoms with Gasteiger partial charge < -0.3 is 10.1 Å². The van der Waals surface area contributed by atoms with E-state index in [4.69, 9.17) is 4.74 Å². The Hall–Kier alpha value is -2.48. The zero-order valence-electron chi connectivity index (χ0n) is 17.3. The van der Waals surface area contributed by atoms with Crippen LogP contribution in [0.2, 0.25) is 0 Å². The van der Waals surface area contributed by atoms with Gasteiger partial charge in [-0.05, 0) is 6.42 Å². The summed E-state index contributed by atoms with van der Waals surface area (Å²) in [5, 5.41) is 7.13. The first-order valence-corrected chi connectivity index (χ1v) is 11.3. The topological polar surface area (TPSA) is 119 Å². The van der Waals surface area contributed by atoms with Gasteiger partial charge in [0.1, 0.15) is 17.4 Å². The number of imidazole rings is 1. The zero-order chi connectivity index (χ0) is 23.1. The summed E-state index contributed by atoms with van der Waals surface area (Å²) in [6.45, 7) is 4.72. The molecule has 1 aliphatic rings. The van der Waals surface area contributed by atoms with E-state index in [2.05, 4.69) is 20.4 Å². The van der Waals surface area contributed by atoms with Crippen LogP contribution >= 0.6 is 0 Å². The molecule has 2 atom stereocenters. The Morgan fingerprint density at radius 1 is 1.35 bits per heavy atom. The van der Waals surface area contributed by atoms with Crippen LogP contribution in [0.4, 0.5) is 19.1 Å². The predicted molar refractivity (Wildman–Crippen MR) is 104 cm³/mol. The van der Waals surface area contributed by atoms with Crippen molar-refractivity contribution in [3.05, 3.63) is 17.7 Å². The molecule has 31 heavy (non-hydrogen) atoms. The molecule has 3 heterocycles. The van der Waals surface area contributed by atoms with Crippen LogP contribution in [0, 0.1) is 0 Å². The number of ether oxygens (including phenoxy) is 1. The average Bonchev–Trinajstić information content (AvgIpc) is 3.01. The van der Waals surface area contributed by atoms with E-state index >= 15 is 0 Å². The van der Waals surface area contributed by atoms with Crippen molar-refractivity contribution in [3.8, 4) is 0 Å². The fraction of sp³-hybridized carbons (Fsp3) is 0.647. The molecule has 2 aromatic heterocycles. The standard InChI is InChI=1S/C17H23F3N6O4S/c1-9(2)15-23-14(17(18,19)20)12-7-21-16(24-26(12)15)22-11-5-6-25(31(4,28)29)8-13(11)30-10(3)27/h7,9,11,13H,5-6,8H2,1-4H3,(H,22,24)/t11-,13-/m1/s1. The molecule has 0 radical (unpaired) electrons. The number of carbonyl (C=O) groups excluding carboxylic acids is 1. The normalized spacial score (nSPS) is 20.9. The lowest BCUT2D eigenvalue weighted by Gasteiger charge is -2.36. The highest BCUT2D eigenvalue weighted by Gasteiger charge is 2.39. The summed E-state index contributed by atoms with van der Waals surface area (Å²) in [5.74, 6) is -0.792. The van der Waals surface area contributed by atoms with Crippen LogP contribution in [-0.2, 0) is 25.7 Å². The smallest absolute Gasteiger partial charge is 0.435 e. The van der Waals surface area contributed by atoms with Crippen LogP contribution in [0.1, 0.15) is 44.6 Å². The van der Waals surface area contributed by atoms with Crippen LogP contribution < -0.4 is 5.32 Å². The molecule has 0 unspecified atom stereocenters. The fourth-order valence-electron chi connectivity index (χ4n) is 3.41. The molecular weight excluding hydrogens is 441 g/mol. The van der Waals surface area contributed by atoms with Gasteiger partial charge in [0, 0.05) is 19.4 Å². The van der Waals surface area contributed by atoms with Gasteiger partial charge in [0.05, 0.1) is 25.0 Å². The number of rotatable bonds is 5. The highest BCUT2D eigenvalue weighted by atomic mass is 32.2. The number of anilines is 1. The summed E-state index contributed by atoms with van der Waals surface area (Å²) in [6.07, 6.45) is -3.11. The Labute approximate surface area is 176 Å². The summed E-state index contributed by atoms with van der Waals surface area (Å²) >= 11 is 0. The highest BCUT2D eigenvalue weighted by molar-refractivity contribution is 7.88. The maximum Gasteiger partial charge on any atom is 0.435 e. The first-order chi connectivity index (χ1) is 14.3. The van der Waals surface area contributed by atoms with Crippen LogP contribution in [0.25, 0.3) is 5.52 Å². The minimum absolute atomic E-state index is 0.00971. The third kappa shape index (κ3) is 5.06. The molecule has 1 N–H and O–H groups in total. The lowest BCUT2D eigenvalue weighted by atomic mass is 10.0. The molecule has 3 rings (SSSR count). The fourth-order valence-corrected chi connectivity index (χ4v) is 4.26. The number of alkyl halides is 3. The molecule has 0 bridgehead atoms. The van der Waals surface area contributed by atoms with Crippen molar-refractivity contribution >= 4 is 27.5 Å². The van der Waals surface area contributed by atoms with E-state index in [-0.39, 0.29) is 42.7 Å². The number of hydrogen-bond acceptors (Lipinski definition) is 8. The highest BCUT2D eigenvalue weighted by Crippen LogP contribution is 2.33. The number of nitrogens with zero attached hydrogens (tertiary/aromatic N) is 5. The van der Waals surface area contributed by atoms with E-state index in [0.717, 1.165) is 17.0 Å². The van der Waals surface area contributed by atoms with Crippen molar-refractivity contribution in [1.82, 2.24) is 23.9 Å². The number of hydrogen-bond donors (Lipinski definition) is 1. The summed E-state index contributed by atoms with van der Waals surface area (Å²) in [6, 6.07) is -0.535. The number of esters is 1. The quantitative estimate of drug-likeness (QED) is 0.664. The maximum atomic E-state index is 13.3. The molecule has 0 spiro atoms. The first kappa shape index (κ1) is 23.2. The number of piperidine rings is 1. The van der Waals surface area contributed by atoms with E-state index < -0.39 is 40.0 Å². The summed E-state index contributed by atoms with van der Waals surface area (Å²) < 4.78 is 71.2. The van der Waals surface area contributed by atoms with Crippen LogP contribution in [0.3, 0.4) is 0 Å². The Balaban J connectivity index is 1.93. The SMILES string of the molecule is CC(=O)O[C@@H]1CN(S(C)(=O)=O)CC[C@H]1Nc1ncc2c(C(F)(F)F)nc(C(C)C)n2n1. The van der Waals surface area contributed by atoms with Crippen molar-refractivity contribution in [2.45, 2.75) is 51.4 Å². The van der Waals surface area contributed by atoms with Gasteiger partial charge in [-0.1, -0.05) is 13.8 Å². The van der Waals surface area contributed by atoms with Gasteiger partial charge in [-0.15, -0.1) is 5.10 Å². The minimum atomic E-state index is -4.66. The van der Waals surface area contributed by atoms with Crippen molar-refractivity contribution in [2.75, 3.05) is 24.7 Å². The summed E-state index contributed by atoms with van der Waals surface area (Å²) in [4.78, 5) is 19.2. The van der Waals surface area contributed by atoms with Gasteiger partial charge in [0.2, 0.25) is 16.0 Å². The average molecular weight is 464 g/mol. The van der Waals surface area contributed by atoms with Gasteiger partial charge in [0.15, 0.2) is 5.69 Å². The lowest BCUT2D eigenvalue weighted by molar-refractivity contribution is -0.148. The molecule has 0 aromatic carbocycles. The Bertz CT molecular complexity index is 1090. The molecule has 1 aliphatic heterocycles. The van der Waals surface area contributed by atoms with Gasteiger partial charge in [-0.2, -0.15) is 17.5 Å². The molecule has 1 fully saturated rings. The third-order valence-electron chi connectivity index (χ3n) is 4.83. The van der Waals surface area contributed by atoms with Gasteiger partial charge in [-0.25, -0.2) is 22.9 Å². The molecule has 10 nitrogen and oxygen atoms in total. The second-order valence-electron chi connectivity index (χ2n) is 7.66. The van der Waals surface area contributed by atoms with Crippen LogP contribution in [0.5, 0.6) is 0 Å². The van der Waals surface area contributed by atoms with E-state index in [1.165, 1.54) is 11.2 Å². The minimum Gasteiger partial charge on any atom is -0.459 e. The molecule has 0 saturated carbocycles.